The van der Waals surface area contributed by atoms with E-state index in [1.54, 1.807) is 36.4 Å². The van der Waals surface area contributed by atoms with Crippen LogP contribution in [0.25, 0.3) is 5.57 Å². The van der Waals surface area contributed by atoms with Gasteiger partial charge >= 0.3 is 0 Å². The Morgan fingerprint density at radius 1 is 1.00 bits per heavy atom. The van der Waals surface area contributed by atoms with Crippen LogP contribution in [0.5, 0.6) is 0 Å². The van der Waals surface area contributed by atoms with Gasteiger partial charge < -0.3 is 16.0 Å². The number of para-hydroxylation sites is 2. The molecule has 5 nitrogen and oxygen atoms in total. The highest BCUT2D eigenvalue weighted by Gasteiger charge is 2.19. The van der Waals surface area contributed by atoms with Gasteiger partial charge in [-0.2, -0.15) is 0 Å². The Balaban J connectivity index is 1.30. The lowest BCUT2D eigenvalue weighted by atomic mass is 10.0. The van der Waals surface area contributed by atoms with Gasteiger partial charge in [-0.3, -0.25) is 9.69 Å². The third kappa shape index (κ3) is 5.53. The van der Waals surface area contributed by atoms with Crippen molar-refractivity contribution in [2.24, 2.45) is 0 Å². The van der Waals surface area contributed by atoms with Crippen LogP contribution in [0.1, 0.15) is 15.9 Å². The maximum absolute atomic E-state index is 13.4. The molecule has 0 atom stereocenters. The second-order valence-corrected chi connectivity index (χ2v) is 8.49. The Labute approximate surface area is 198 Å². The number of nitrogen functional groups attached to an aromatic ring is 1. The van der Waals surface area contributed by atoms with Crippen molar-refractivity contribution in [3.8, 4) is 0 Å². The highest BCUT2D eigenvalue weighted by atomic mass is 35.5. The van der Waals surface area contributed by atoms with Gasteiger partial charge in [0, 0.05) is 44.0 Å². The number of benzene rings is 3. The first kappa shape index (κ1) is 22.8. The van der Waals surface area contributed by atoms with E-state index in [-0.39, 0.29) is 10.9 Å². The number of halogens is 2. The summed E-state index contributed by atoms with van der Waals surface area (Å²) in [6, 6.07) is 19.4. The number of nitrogens with two attached hydrogens (primary N) is 1. The topological polar surface area (TPSA) is 61.6 Å². The summed E-state index contributed by atoms with van der Waals surface area (Å²) in [7, 11) is 0. The molecule has 0 saturated carbocycles. The molecular weight excluding hydrogens is 439 g/mol. The zero-order chi connectivity index (χ0) is 23.4. The molecule has 3 aromatic carbocycles. The first-order chi connectivity index (χ1) is 15.9. The predicted octanol–water partition coefficient (Wildman–Crippen LogP) is 5.15. The fraction of sp³-hybridized carbons (Fsp3) is 0.192. The summed E-state index contributed by atoms with van der Waals surface area (Å²) in [5, 5.41) is 2.98. The molecule has 3 N–H and O–H groups in total. The van der Waals surface area contributed by atoms with Crippen molar-refractivity contribution in [2.45, 2.75) is 0 Å². The lowest BCUT2D eigenvalue weighted by Gasteiger charge is -2.36. The molecule has 7 heteroatoms. The molecule has 170 valence electrons. The number of nitrogens with zero attached hydrogens (tertiary/aromatic N) is 2. The van der Waals surface area contributed by atoms with Gasteiger partial charge in [-0.1, -0.05) is 42.4 Å². The molecule has 1 heterocycles. The molecule has 0 aromatic heterocycles. The standard InChI is InChI=1S/C26H26ClFN4O/c1-18(17-31-12-14-32(15-13-31)21-10-11-23(28)22(27)16-21)19-6-8-20(9-7-19)26(33)30-25-5-3-2-4-24(25)29/h2-11,16H,1,12-15,17,29H2,(H,30,33). The fourth-order valence-electron chi connectivity index (χ4n) is 3.87. The number of rotatable bonds is 6. The van der Waals surface area contributed by atoms with E-state index in [4.69, 9.17) is 17.3 Å². The normalized spacial score (nSPS) is 14.2. The van der Waals surface area contributed by atoms with E-state index < -0.39 is 5.82 Å². The van der Waals surface area contributed by atoms with Crippen LogP contribution in [-0.4, -0.2) is 43.5 Å². The van der Waals surface area contributed by atoms with E-state index in [1.165, 1.54) is 6.07 Å². The van der Waals surface area contributed by atoms with Gasteiger partial charge in [-0.15, -0.1) is 0 Å². The number of carbonyl (C=O) groups is 1. The molecule has 0 unspecified atom stereocenters. The Hall–Kier alpha value is -3.35. The number of carbonyl (C=O) groups excluding carboxylic acids is 1. The van der Waals surface area contributed by atoms with Crippen molar-refractivity contribution in [1.29, 1.82) is 0 Å². The Morgan fingerprint density at radius 3 is 2.33 bits per heavy atom. The third-order valence-electron chi connectivity index (χ3n) is 5.82. The first-order valence-corrected chi connectivity index (χ1v) is 11.1. The summed E-state index contributed by atoms with van der Waals surface area (Å²) < 4.78 is 13.4. The highest BCUT2D eigenvalue weighted by molar-refractivity contribution is 6.31. The van der Waals surface area contributed by atoms with Crippen LogP contribution >= 0.6 is 11.6 Å². The van der Waals surface area contributed by atoms with Crippen molar-refractivity contribution in [3.05, 3.63) is 95.3 Å². The Kier molecular flexibility index (Phi) is 6.96. The van der Waals surface area contributed by atoms with Gasteiger partial charge in [-0.25, -0.2) is 4.39 Å². The van der Waals surface area contributed by atoms with Crippen LogP contribution in [-0.2, 0) is 0 Å². The molecular formula is C26H26ClFN4O. The molecule has 33 heavy (non-hydrogen) atoms. The molecule has 1 amide bonds. The van der Waals surface area contributed by atoms with E-state index in [0.29, 0.717) is 16.9 Å². The summed E-state index contributed by atoms with van der Waals surface area (Å²) in [6.07, 6.45) is 0. The van der Waals surface area contributed by atoms with Gasteiger partial charge in [0.15, 0.2) is 0 Å². The lowest BCUT2D eigenvalue weighted by molar-refractivity contribution is 0.102. The third-order valence-corrected chi connectivity index (χ3v) is 6.11. The largest absolute Gasteiger partial charge is 0.397 e. The zero-order valence-corrected chi connectivity index (χ0v) is 19.0. The highest BCUT2D eigenvalue weighted by Crippen LogP contribution is 2.24. The number of piperazine rings is 1. The van der Waals surface area contributed by atoms with Crippen molar-refractivity contribution in [3.63, 3.8) is 0 Å². The second kappa shape index (κ2) is 10.1. The van der Waals surface area contributed by atoms with Crippen LogP contribution in [0.3, 0.4) is 0 Å². The number of anilines is 3. The van der Waals surface area contributed by atoms with Crippen molar-refractivity contribution in [1.82, 2.24) is 4.90 Å². The molecule has 0 spiro atoms. The van der Waals surface area contributed by atoms with Gasteiger partial charge in [-0.05, 0) is 53.6 Å². The van der Waals surface area contributed by atoms with Crippen LogP contribution in [0.2, 0.25) is 5.02 Å². The molecule has 1 fully saturated rings. The number of nitrogens with one attached hydrogen (secondary N) is 1. The molecule has 1 saturated heterocycles. The van der Waals surface area contributed by atoms with Crippen LogP contribution in [0, 0.1) is 5.82 Å². The average molecular weight is 465 g/mol. The molecule has 1 aliphatic heterocycles. The number of amides is 1. The zero-order valence-electron chi connectivity index (χ0n) is 18.2. The molecule has 0 bridgehead atoms. The first-order valence-electron chi connectivity index (χ1n) is 10.8. The SMILES string of the molecule is C=C(CN1CCN(c2ccc(F)c(Cl)c2)CC1)c1ccc(C(=O)Nc2ccccc2N)cc1. The lowest BCUT2D eigenvalue weighted by Crippen LogP contribution is -2.46. The minimum atomic E-state index is -0.400. The van der Waals surface area contributed by atoms with E-state index in [0.717, 1.165) is 49.5 Å². The van der Waals surface area contributed by atoms with Gasteiger partial charge in [0.05, 0.1) is 16.4 Å². The van der Waals surface area contributed by atoms with E-state index in [1.807, 2.05) is 24.3 Å². The predicted molar refractivity (Wildman–Crippen MR) is 134 cm³/mol. The summed E-state index contributed by atoms with van der Waals surface area (Å²) in [6.45, 7) is 8.38. The summed E-state index contributed by atoms with van der Waals surface area (Å²) in [4.78, 5) is 17.1. The fourth-order valence-corrected chi connectivity index (χ4v) is 4.04. The minimum Gasteiger partial charge on any atom is -0.397 e. The summed E-state index contributed by atoms with van der Waals surface area (Å²) in [5.74, 6) is -0.606. The van der Waals surface area contributed by atoms with Gasteiger partial charge in [0.25, 0.3) is 5.91 Å². The maximum Gasteiger partial charge on any atom is 0.255 e. The van der Waals surface area contributed by atoms with Crippen LogP contribution in [0.15, 0.2) is 73.3 Å². The smallest absolute Gasteiger partial charge is 0.255 e. The summed E-state index contributed by atoms with van der Waals surface area (Å²) in [5.41, 5.74) is 10.5. The number of hydrogen-bond donors (Lipinski definition) is 2. The molecule has 0 aliphatic carbocycles. The summed E-state index contributed by atoms with van der Waals surface area (Å²) >= 11 is 5.92. The van der Waals surface area contributed by atoms with Crippen LogP contribution < -0.4 is 16.0 Å². The quantitative estimate of drug-likeness (QED) is 0.495. The average Bonchev–Trinajstić information content (AvgIpc) is 2.83. The van der Waals surface area contributed by atoms with E-state index in [2.05, 4.69) is 21.7 Å². The van der Waals surface area contributed by atoms with E-state index >= 15 is 0 Å². The maximum atomic E-state index is 13.4. The Bertz CT molecular complexity index is 1160. The molecule has 0 radical (unpaired) electrons. The molecule has 4 rings (SSSR count). The van der Waals surface area contributed by atoms with Gasteiger partial charge in [0.2, 0.25) is 0 Å². The van der Waals surface area contributed by atoms with Crippen LogP contribution in [0.4, 0.5) is 21.5 Å². The minimum absolute atomic E-state index is 0.146. The van der Waals surface area contributed by atoms with Crippen molar-refractivity contribution >= 4 is 40.1 Å². The van der Waals surface area contributed by atoms with Crippen molar-refractivity contribution in [2.75, 3.05) is 48.7 Å². The molecule has 3 aromatic rings. The monoisotopic (exact) mass is 464 g/mol. The number of hydrogen-bond acceptors (Lipinski definition) is 4. The Morgan fingerprint density at radius 2 is 1.67 bits per heavy atom. The van der Waals surface area contributed by atoms with E-state index in [9.17, 15) is 9.18 Å². The van der Waals surface area contributed by atoms with Crippen molar-refractivity contribution < 1.29 is 9.18 Å². The van der Waals surface area contributed by atoms with Gasteiger partial charge in [0.1, 0.15) is 5.82 Å². The second-order valence-electron chi connectivity index (χ2n) is 8.08. The molecule has 1 aliphatic rings.